The highest BCUT2D eigenvalue weighted by Gasteiger charge is 2.05. The summed E-state index contributed by atoms with van der Waals surface area (Å²) in [6.45, 7) is 1.89. The average Bonchev–Trinajstić information content (AvgIpc) is 2.40. The Hall–Kier alpha value is -2.49. The van der Waals surface area contributed by atoms with Crippen LogP contribution in [0.2, 0.25) is 0 Å². The minimum atomic E-state index is -0.215. The number of hydrogen-bond donors (Lipinski definition) is 1. The van der Waals surface area contributed by atoms with Gasteiger partial charge in [0.2, 0.25) is 0 Å². The summed E-state index contributed by atoms with van der Waals surface area (Å²) in [6, 6.07) is 11.0. The molecule has 0 saturated carbocycles. The van der Waals surface area contributed by atoms with Gasteiger partial charge in [-0.25, -0.2) is 5.43 Å². The lowest BCUT2D eigenvalue weighted by Gasteiger charge is -2.02. The third kappa shape index (κ3) is 3.01. The predicted octanol–water partition coefficient (Wildman–Crippen LogP) is 2.15. The second-order valence-corrected chi connectivity index (χ2v) is 3.80. The molecule has 0 aliphatic rings. The van der Waals surface area contributed by atoms with E-state index in [9.17, 15) is 4.79 Å². The molecule has 1 heterocycles. The van der Waals surface area contributed by atoms with Crippen LogP contribution in [-0.4, -0.2) is 17.1 Å². The van der Waals surface area contributed by atoms with Gasteiger partial charge >= 0.3 is 0 Å². The fourth-order valence-corrected chi connectivity index (χ4v) is 1.51. The van der Waals surface area contributed by atoms with Crippen molar-refractivity contribution in [1.29, 1.82) is 0 Å². The average molecular weight is 239 g/mol. The molecule has 0 aliphatic carbocycles. The van der Waals surface area contributed by atoms with Crippen molar-refractivity contribution in [1.82, 2.24) is 10.4 Å². The number of nitrogens with one attached hydrogen (secondary N) is 1. The van der Waals surface area contributed by atoms with Crippen LogP contribution in [0, 0.1) is 6.92 Å². The molecule has 18 heavy (non-hydrogen) atoms. The molecule has 90 valence electrons. The molecule has 4 heteroatoms. The van der Waals surface area contributed by atoms with Crippen LogP contribution >= 0.6 is 0 Å². The molecule has 0 saturated heterocycles. The number of carbonyl (C=O) groups is 1. The first-order valence-electron chi connectivity index (χ1n) is 5.56. The summed E-state index contributed by atoms with van der Waals surface area (Å²) in [5, 5.41) is 3.89. The van der Waals surface area contributed by atoms with E-state index in [2.05, 4.69) is 15.5 Å². The van der Waals surface area contributed by atoms with Crippen LogP contribution < -0.4 is 5.43 Å². The SMILES string of the molecule is Cc1ccccc1C(=O)N/N=C\c1cccnc1. The standard InChI is InChI=1S/C14H13N3O/c1-11-5-2-3-7-13(11)14(18)17-16-10-12-6-4-8-15-9-12/h2-10H,1H3,(H,17,18)/b16-10-. The number of nitrogens with zero attached hydrogens (tertiary/aromatic N) is 2. The lowest BCUT2D eigenvalue weighted by Crippen LogP contribution is -2.18. The number of hydrazone groups is 1. The lowest BCUT2D eigenvalue weighted by atomic mass is 10.1. The molecule has 1 aromatic heterocycles. The summed E-state index contributed by atoms with van der Waals surface area (Å²) >= 11 is 0. The number of pyridine rings is 1. The fourth-order valence-electron chi connectivity index (χ4n) is 1.51. The highest BCUT2D eigenvalue weighted by atomic mass is 16.2. The van der Waals surface area contributed by atoms with E-state index in [-0.39, 0.29) is 5.91 Å². The van der Waals surface area contributed by atoms with Crippen molar-refractivity contribution < 1.29 is 4.79 Å². The zero-order valence-electron chi connectivity index (χ0n) is 10.00. The molecule has 0 radical (unpaired) electrons. The first-order valence-corrected chi connectivity index (χ1v) is 5.56. The van der Waals surface area contributed by atoms with Crippen molar-refractivity contribution in [3.63, 3.8) is 0 Å². The summed E-state index contributed by atoms with van der Waals surface area (Å²) in [5.41, 5.74) is 4.88. The van der Waals surface area contributed by atoms with Crippen LogP contribution in [0.3, 0.4) is 0 Å². The second kappa shape index (κ2) is 5.72. The van der Waals surface area contributed by atoms with Gasteiger partial charge in [-0.2, -0.15) is 5.10 Å². The maximum absolute atomic E-state index is 11.8. The first-order chi connectivity index (χ1) is 8.77. The van der Waals surface area contributed by atoms with Gasteiger partial charge in [-0.1, -0.05) is 24.3 Å². The van der Waals surface area contributed by atoms with Crippen LogP contribution in [0.25, 0.3) is 0 Å². The fraction of sp³-hybridized carbons (Fsp3) is 0.0714. The normalized spacial score (nSPS) is 10.5. The van der Waals surface area contributed by atoms with E-state index in [0.717, 1.165) is 11.1 Å². The van der Waals surface area contributed by atoms with Gasteiger partial charge in [-0.05, 0) is 24.6 Å². The van der Waals surface area contributed by atoms with Crippen molar-refractivity contribution in [3.05, 3.63) is 65.5 Å². The van der Waals surface area contributed by atoms with Crippen LogP contribution in [0.15, 0.2) is 53.9 Å². The van der Waals surface area contributed by atoms with Crippen LogP contribution in [-0.2, 0) is 0 Å². The number of aryl methyl sites for hydroxylation is 1. The number of benzene rings is 1. The molecule has 0 fully saturated rings. The Bertz CT molecular complexity index is 564. The highest BCUT2D eigenvalue weighted by molar-refractivity contribution is 5.96. The molecule has 1 amide bonds. The van der Waals surface area contributed by atoms with E-state index in [1.807, 2.05) is 37.3 Å². The van der Waals surface area contributed by atoms with Crippen LogP contribution in [0.5, 0.6) is 0 Å². The van der Waals surface area contributed by atoms with Gasteiger partial charge in [-0.3, -0.25) is 9.78 Å². The number of aromatic nitrogens is 1. The number of hydrogen-bond acceptors (Lipinski definition) is 3. The Balaban J connectivity index is 2.01. The molecular weight excluding hydrogens is 226 g/mol. The summed E-state index contributed by atoms with van der Waals surface area (Å²) in [7, 11) is 0. The quantitative estimate of drug-likeness (QED) is 0.659. The van der Waals surface area contributed by atoms with Gasteiger partial charge in [-0.15, -0.1) is 0 Å². The first kappa shape index (κ1) is 12.0. The van der Waals surface area contributed by atoms with E-state index < -0.39 is 0 Å². The Morgan fingerprint density at radius 2 is 2.11 bits per heavy atom. The van der Waals surface area contributed by atoms with E-state index >= 15 is 0 Å². The predicted molar refractivity (Wildman–Crippen MR) is 70.5 cm³/mol. The Kier molecular flexibility index (Phi) is 3.81. The van der Waals surface area contributed by atoms with Crippen molar-refractivity contribution in [3.8, 4) is 0 Å². The molecule has 0 unspecified atom stereocenters. The van der Waals surface area contributed by atoms with Crippen molar-refractivity contribution in [2.24, 2.45) is 5.10 Å². The molecular formula is C14H13N3O. The van der Waals surface area contributed by atoms with Gasteiger partial charge in [0.25, 0.3) is 5.91 Å². The molecule has 0 aliphatic heterocycles. The van der Waals surface area contributed by atoms with Crippen molar-refractivity contribution in [2.45, 2.75) is 6.92 Å². The van der Waals surface area contributed by atoms with Gasteiger partial charge in [0, 0.05) is 23.5 Å². The molecule has 0 bridgehead atoms. The third-order valence-electron chi connectivity index (χ3n) is 2.45. The number of carbonyl (C=O) groups excluding carboxylic acids is 1. The molecule has 0 atom stereocenters. The zero-order valence-corrected chi connectivity index (χ0v) is 10.00. The van der Waals surface area contributed by atoms with E-state index in [1.54, 1.807) is 24.7 Å². The van der Waals surface area contributed by atoms with Gasteiger partial charge in [0.15, 0.2) is 0 Å². The molecule has 2 aromatic rings. The van der Waals surface area contributed by atoms with Gasteiger partial charge in [0.05, 0.1) is 6.21 Å². The summed E-state index contributed by atoms with van der Waals surface area (Å²) in [4.78, 5) is 15.8. The summed E-state index contributed by atoms with van der Waals surface area (Å²) in [6.07, 6.45) is 4.91. The molecule has 1 N–H and O–H groups in total. The van der Waals surface area contributed by atoms with Crippen molar-refractivity contribution in [2.75, 3.05) is 0 Å². The maximum Gasteiger partial charge on any atom is 0.271 e. The van der Waals surface area contributed by atoms with E-state index in [0.29, 0.717) is 5.56 Å². The second-order valence-electron chi connectivity index (χ2n) is 3.80. The third-order valence-corrected chi connectivity index (χ3v) is 2.45. The molecule has 1 aromatic carbocycles. The number of amides is 1. The van der Waals surface area contributed by atoms with E-state index in [4.69, 9.17) is 0 Å². The molecule has 0 spiro atoms. The minimum Gasteiger partial charge on any atom is -0.267 e. The molecule has 2 rings (SSSR count). The largest absolute Gasteiger partial charge is 0.271 e. The Morgan fingerprint density at radius 1 is 1.28 bits per heavy atom. The smallest absolute Gasteiger partial charge is 0.267 e. The Morgan fingerprint density at radius 3 is 2.83 bits per heavy atom. The monoisotopic (exact) mass is 239 g/mol. The van der Waals surface area contributed by atoms with Gasteiger partial charge < -0.3 is 0 Å². The van der Waals surface area contributed by atoms with Gasteiger partial charge in [0.1, 0.15) is 0 Å². The summed E-state index contributed by atoms with van der Waals surface area (Å²) in [5.74, 6) is -0.215. The summed E-state index contributed by atoms with van der Waals surface area (Å²) < 4.78 is 0. The minimum absolute atomic E-state index is 0.215. The van der Waals surface area contributed by atoms with Crippen LogP contribution in [0.1, 0.15) is 21.5 Å². The van der Waals surface area contributed by atoms with Crippen LogP contribution in [0.4, 0.5) is 0 Å². The Labute approximate surface area is 105 Å². The highest BCUT2D eigenvalue weighted by Crippen LogP contribution is 2.06. The number of rotatable bonds is 3. The maximum atomic E-state index is 11.8. The zero-order chi connectivity index (χ0) is 12.8. The molecule has 4 nitrogen and oxygen atoms in total. The topological polar surface area (TPSA) is 54.4 Å². The lowest BCUT2D eigenvalue weighted by molar-refractivity contribution is 0.0954. The van der Waals surface area contributed by atoms with E-state index in [1.165, 1.54) is 0 Å². The van der Waals surface area contributed by atoms with Crippen molar-refractivity contribution >= 4 is 12.1 Å².